The first kappa shape index (κ1) is 30.7. The molecule has 0 spiro atoms. The molecule has 7 atom stereocenters. The van der Waals surface area contributed by atoms with E-state index in [-0.39, 0.29) is 17.1 Å². The molecule has 0 amide bonds. The molecule has 0 radical (unpaired) electrons. The quantitative estimate of drug-likeness (QED) is 0.247. The van der Waals surface area contributed by atoms with Crippen LogP contribution < -0.4 is 0 Å². The Morgan fingerprint density at radius 1 is 0.974 bits per heavy atom. The van der Waals surface area contributed by atoms with Crippen LogP contribution in [-0.2, 0) is 32.9 Å². The maximum Gasteiger partial charge on any atom is 0.311 e. The lowest BCUT2D eigenvalue weighted by Crippen LogP contribution is -2.66. The maximum atomic E-state index is 13.3. The average Bonchev–Trinajstić information content (AvgIpc) is 3.71. The molecular weight excluding hydrogens is 512 g/mol. The molecule has 0 aromatic heterocycles. The Morgan fingerprint density at radius 2 is 1.62 bits per heavy atom. The van der Waals surface area contributed by atoms with Gasteiger partial charge in [0.15, 0.2) is 27.0 Å². The van der Waals surface area contributed by atoms with Gasteiger partial charge in [-0.05, 0) is 70.5 Å². The second-order valence-corrected chi connectivity index (χ2v) is 18.5. The molecule has 3 fully saturated rings. The van der Waals surface area contributed by atoms with E-state index in [2.05, 4.69) is 47.7 Å². The van der Waals surface area contributed by atoms with Gasteiger partial charge in [-0.3, -0.25) is 4.79 Å². The van der Waals surface area contributed by atoms with Gasteiger partial charge in [0.1, 0.15) is 18.3 Å². The van der Waals surface area contributed by atoms with E-state index in [1.165, 1.54) is 0 Å². The number of benzene rings is 1. The fraction of sp³-hybridized carbons (Fsp3) is 0.774. The molecule has 3 aliphatic rings. The van der Waals surface area contributed by atoms with Gasteiger partial charge in [0.25, 0.3) is 0 Å². The highest BCUT2D eigenvalue weighted by molar-refractivity contribution is 6.74. The summed E-state index contributed by atoms with van der Waals surface area (Å²) in [5, 5.41) is -0.0323. The highest BCUT2D eigenvalue weighted by atomic mass is 28.4. The number of ether oxygens (including phenoxy) is 5. The van der Waals surface area contributed by atoms with Crippen molar-refractivity contribution in [1.82, 2.24) is 0 Å². The standard InChI is InChI=1S/C31H50O7Si/c1-19(2)31(7,8)39(9,10)38-28-26(34-20(3)21-16-17-21)25(37-29(32)30(4,5)6)24-23(35-28)18-33-27(36-24)22-14-12-11-13-15-22/h11-15,19-21,23-28H,16-18H2,1-10H3/t20?,23-,24-,25+,26-,27-,28+/m1/s1. The molecule has 1 unspecified atom stereocenters. The molecular formula is C31H50O7Si. The molecule has 8 heteroatoms. The molecule has 4 rings (SSSR count). The number of fused-ring (bicyclic) bond motifs is 1. The van der Waals surface area contributed by atoms with Gasteiger partial charge in [0.2, 0.25) is 0 Å². The highest BCUT2D eigenvalue weighted by Gasteiger charge is 2.57. The molecule has 2 heterocycles. The van der Waals surface area contributed by atoms with Crippen molar-refractivity contribution in [2.45, 2.75) is 129 Å². The summed E-state index contributed by atoms with van der Waals surface area (Å²) in [6, 6.07) is 9.82. The number of carbonyl (C=O) groups is 1. The van der Waals surface area contributed by atoms with Crippen molar-refractivity contribution in [1.29, 1.82) is 0 Å². The highest BCUT2D eigenvalue weighted by Crippen LogP contribution is 2.47. The maximum absolute atomic E-state index is 13.3. The first-order chi connectivity index (χ1) is 18.1. The average molecular weight is 563 g/mol. The molecule has 2 aliphatic heterocycles. The van der Waals surface area contributed by atoms with Crippen LogP contribution in [0.3, 0.4) is 0 Å². The van der Waals surface area contributed by atoms with Gasteiger partial charge in [-0.1, -0.05) is 58.0 Å². The van der Waals surface area contributed by atoms with Gasteiger partial charge in [-0.25, -0.2) is 0 Å². The largest absolute Gasteiger partial charge is 0.456 e. The molecule has 1 aromatic rings. The number of rotatable bonds is 9. The van der Waals surface area contributed by atoms with Crippen LogP contribution in [0.1, 0.15) is 80.1 Å². The van der Waals surface area contributed by atoms with E-state index < -0.39 is 50.7 Å². The van der Waals surface area contributed by atoms with Crippen molar-refractivity contribution in [3.63, 3.8) is 0 Å². The third-order valence-corrected chi connectivity index (χ3v) is 13.8. The van der Waals surface area contributed by atoms with E-state index in [0.29, 0.717) is 18.4 Å². The Hall–Kier alpha value is -1.29. The Morgan fingerprint density at radius 3 is 2.18 bits per heavy atom. The van der Waals surface area contributed by atoms with Gasteiger partial charge in [0.05, 0.1) is 18.1 Å². The van der Waals surface area contributed by atoms with E-state index in [0.717, 1.165) is 18.4 Å². The minimum absolute atomic E-state index is 0.00950. The number of hydrogen-bond acceptors (Lipinski definition) is 7. The van der Waals surface area contributed by atoms with E-state index in [9.17, 15) is 4.79 Å². The Labute approximate surface area is 236 Å². The third-order valence-electron chi connectivity index (χ3n) is 9.27. The number of esters is 1. The van der Waals surface area contributed by atoms with Gasteiger partial charge >= 0.3 is 5.97 Å². The molecule has 220 valence electrons. The molecule has 1 aliphatic carbocycles. The fourth-order valence-electron chi connectivity index (χ4n) is 5.06. The summed E-state index contributed by atoms with van der Waals surface area (Å²) in [5.74, 6) is 0.611. The Kier molecular flexibility index (Phi) is 9.07. The predicted molar refractivity (Wildman–Crippen MR) is 153 cm³/mol. The lowest BCUT2D eigenvalue weighted by atomic mass is 9.94. The van der Waals surface area contributed by atoms with Crippen LogP contribution in [0.2, 0.25) is 18.1 Å². The van der Waals surface area contributed by atoms with Crippen LogP contribution in [-0.4, -0.2) is 57.7 Å². The van der Waals surface area contributed by atoms with Crippen molar-refractivity contribution < 1.29 is 32.9 Å². The van der Waals surface area contributed by atoms with E-state index in [4.69, 9.17) is 28.1 Å². The van der Waals surface area contributed by atoms with Crippen LogP contribution in [0.4, 0.5) is 0 Å². The molecule has 7 nitrogen and oxygen atoms in total. The molecule has 2 saturated heterocycles. The minimum Gasteiger partial charge on any atom is -0.456 e. The van der Waals surface area contributed by atoms with Crippen molar-refractivity contribution in [2.24, 2.45) is 17.3 Å². The van der Waals surface area contributed by atoms with Crippen molar-refractivity contribution in [3.05, 3.63) is 35.9 Å². The van der Waals surface area contributed by atoms with Gasteiger partial charge in [0, 0.05) is 5.56 Å². The summed E-state index contributed by atoms with van der Waals surface area (Å²) in [6.07, 6.45) is -1.38. The second kappa shape index (κ2) is 11.5. The van der Waals surface area contributed by atoms with E-state index >= 15 is 0 Å². The molecule has 0 bridgehead atoms. The summed E-state index contributed by atoms with van der Waals surface area (Å²) < 4.78 is 39.3. The van der Waals surface area contributed by atoms with Crippen molar-refractivity contribution >= 4 is 14.3 Å². The lowest BCUT2D eigenvalue weighted by Gasteiger charge is -2.52. The first-order valence-corrected chi connectivity index (χ1v) is 17.5. The fourth-order valence-corrected chi connectivity index (χ4v) is 7.53. The van der Waals surface area contributed by atoms with Gasteiger partial charge in [-0.15, -0.1) is 0 Å². The van der Waals surface area contributed by atoms with E-state index in [1.807, 2.05) is 51.1 Å². The topological polar surface area (TPSA) is 72.5 Å². The summed E-state index contributed by atoms with van der Waals surface area (Å²) >= 11 is 0. The van der Waals surface area contributed by atoms with Gasteiger partial charge < -0.3 is 28.1 Å². The van der Waals surface area contributed by atoms with Crippen LogP contribution in [0, 0.1) is 17.3 Å². The molecule has 1 saturated carbocycles. The normalized spacial score (nSPS) is 31.1. The predicted octanol–water partition coefficient (Wildman–Crippen LogP) is 6.63. The molecule has 1 aromatic carbocycles. The zero-order valence-corrected chi connectivity index (χ0v) is 26.6. The molecule has 39 heavy (non-hydrogen) atoms. The SMILES string of the molecule is CC(O[C@H]1[C@H](O[Si](C)(C)C(C)(C)C(C)C)O[C@@H]2CO[C@@H](c3ccccc3)O[C@H]2[C@@H]1OC(=O)C(C)(C)C)C1CC1. The summed E-state index contributed by atoms with van der Waals surface area (Å²) in [5.41, 5.74) is 0.223. The smallest absolute Gasteiger partial charge is 0.311 e. The van der Waals surface area contributed by atoms with Crippen LogP contribution in [0.15, 0.2) is 30.3 Å². The van der Waals surface area contributed by atoms with Crippen molar-refractivity contribution in [3.8, 4) is 0 Å². The summed E-state index contributed by atoms with van der Waals surface area (Å²) in [6.45, 7) is 21.5. The van der Waals surface area contributed by atoms with Crippen LogP contribution in [0.25, 0.3) is 0 Å². The van der Waals surface area contributed by atoms with Crippen LogP contribution >= 0.6 is 0 Å². The lowest BCUT2D eigenvalue weighted by molar-refractivity contribution is -0.361. The second-order valence-electron chi connectivity index (χ2n) is 14.0. The van der Waals surface area contributed by atoms with Gasteiger partial charge in [-0.2, -0.15) is 0 Å². The first-order valence-electron chi connectivity index (χ1n) is 14.6. The Bertz CT molecular complexity index is 969. The third kappa shape index (κ3) is 6.79. The minimum atomic E-state index is -2.34. The van der Waals surface area contributed by atoms with E-state index in [1.54, 1.807) is 0 Å². The number of carbonyl (C=O) groups excluding carboxylic acids is 1. The number of hydrogen-bond donors (Lipinski definition) is 0. The van der Waals surface area contributed by atoms with Crippen molar-refractivity contribution in [2.75, 3.05) is 6.61 Å². The summed E-state index contributed by atoms with van der Waals surface area (Å²) in [7, 11) is -2.34. The monoisotopic (exact) mass is 562 g/mol. The zero-order chi connectivity index (χ0) is 28.8. The Balaban J connectivity index is 1.69. The molecule has 0 N–H and O–H groups in total. The zero-order valence-electron chi connectivity index (χ0n) is 25.6. The summed E-state index contributed by atoms with van der Waals surface area (Å²) in [4.78, 5) is 13.3. The van der Waals surface area contributed by atoms with Crippen LogP contribution in [0.5, 0.6) is 0 Å².